The van der Waals surface area contributed by atoms with Gasteiger partial charge in [-0.2, -0.15) is 8.42 Å². The van der Waals surface area contributed by atoms with E-state index in [4.69, 9.17) is 11.6 Å². The van der Waals surface area contributed by atoms with Gasteiger partial charge in [0.15, 0.2) is 0 Å². The van der Waals surface area contributed by atoms with E-state index >= 15 is 0 Å². The van der Waals surface area contributed by atoms with E-state index in [1.807, 2.05) is 0 Å². The molecule has 0 amide bonds. The quantitative estimate of drug-likeness (QED) is 0.436. The molecule has 0 aromatic heterocycles. The van der Waals surface area contributed by atoms with E-state index in [2.05, 4.69) is 4.18 Å². The van der Waals surface area contributed by atoms with Crippen molar-refractivity contribution in [3.63, 3.8) is 0 Å². The lowest BCUT2D eigenvalue weighted by Gasteiger charge is -1.99. The maximum Gasteiger partial charge on any atom is 0.265 e. The maximum absolute atomic E-state index is 10.1. The topological polar surface area (TPSA) is 43.4 Å². The summed E-state index contributed by atoms with van der Waals surface area (Å²) in [5.74, 6) is 0. The van der Waals surface area contributed by atoms with Gasteiger partial charge >= 0.3 is 0 Å². The Kier molecular flexibility index (Phi) is 2.73. The van der Waals surface area contributed by atoms with E-state index in [1.54, 1.807) is 0 Å². The molecule has 0 aliphatic heterocycles. The lowest BCUT2D eigenvalue weighted by atomic mass is 10.9. The second-order valence-electron chi connectivity index (χ2n) is 1.34. The molecule has 0 radical (unpaired) electrons. The summed E-state index contributed by atoms with van der Waals surface area (Å²) in [6, 6.07) is 0. The van der Waals surface area contributed by atoms with Gasteiger partial charge in [0.25, 0.3) is 10.1 Å². The fourth-order valence-corrected chi connectivity index (χ4v) is 1.12. The fourth-order valence-electron chi connectivity index (χ4n) is 0.241. The summed E-state index contributed by atoms with van der Waals surface area (Å²) in [7, 11) is -3.36. The Morgan fingerprint density at radius 1 is 1.62 bits per heavy atom. The number of rotatable bonds is 2. The Bertz CT molecular complexity index is 148. The predicted molar refractivity (Wildman–Crippen MR) is 31.2 cm³/mol. The van der Waals surface area contributed by atoms with E-state index < -0.39 is 15.7 Å². The van der Waals surface area contributed by atoms with Gasteiger partial charge in [0.05, 0.1) is 6.26 Å². The van der Waals surface area contributed by atoms with Gasteiger partial charge in [-0.1, -0.05) is 11.6 Å². The Labute approximate surface area is 53.7 Å². The van der Waals surface area contributed by atoms with Crippen LogP contribution in [0.1, 0.15) is 6.92 Å². The largest absolute Gasteiger partial charge is 0.265 e. The Balaban J connectivity index is 3.75. The van der Waals surface area contributed by atoms with Crippen molar-refractivity contribution in [3.05, 3.63) is 0 Å². The van der Waals surface area contributed by atoms with Crippen molar-refractivity contribution >= 4 is 21.7 Å². The van der Waals surface area contributed by atoms with E-state index in [9.17, 15) is 8.42 Å². The first-order valence-corrected chi connectivity index (χ1v) is 4.19. The van der Waals surface area contributed by atoms with E-state index in [-0.39, 0.29) is 0 Å². The highest BCUT2D eigenvalue weighted by Crippen LogP contribution is 1.99. The first-order chi connectivity index (χ1) is 3.42. The molecule has 0 bridgehead atoms. The van der Waals surface area contributed by atoms with Crippen LogP contribution in [0.3, 0.4) is 0 Å². The van der Waals surface area contributed by atoms with Crippen LogP contribution in [0.5, 0.6) is 0 Å². The van der Waals surface area contributed by atoms with Gasteiger partial charge in [-0.3, -0.25) is 4.18 Å². The Morgan fingerprint density at radius 2 is 2.00 bits per heavy atom. The Hall–Kier alpha value is 0.200. The average molecular weight is 159 g/mol. The Morgan fingerprint density at radius 3 is 2.00 bits per heavy atom. The summed E-state index contributed by atoms with van der Waals surface area (Å²) in [6.07, 6.45) is 0.950. The second kappa shape index (κ2) is 2.66. The molecule has 5 heteroatoms. The first kappa shape index (κ1) is 8.20. The molecular formula is C3H7ClO3S. The summed E-state index contributed by atoms with van der Waals surface area (Å²) in [6.45, 7) is 1.43. The maximum atomic E-state index is 10.1. The summed E-state index contributed by atoms with van der Waals surface area (Å²) >= 11 is 5.16. The highest BCUT2D eigenvalue weighted by molar-refractivity contribution is 7.86. The third-order valence-corrected chi connectivity index (χ3v) is 1.14. The molecule has 8 heavy (non-hydrogen) atoms. The van der Waals surface area contributed by atoms with Crippen molar-refractivity contribution in [2.45, 2.75) is 12.5 Å². The molecule has 0 fully saturated rings. The van der Waals surface area contributed by atoms with Crippen LogP contribution in [0, 0.1) is 0 Å². The highest BCUT2D eigenvalue weighted by Gasteiger charge is 2.04. The number of hydrogen-bond donors (Lipinski definition) is 0. The third-order valence-electron chi connectivity index (χ3n) is 0.307. The van der Waals surface area contributed by atoms with Crippen molar-refractivity contribution in [2.24, 2.45) is 0 Å². The minimum absolute atomic E-state index is 0.773. The molecule has 0 spiro atoms. The molecule has 1 atom stereocenters. The molecule has 0 aromatic rings. The molecule has 0 aliphatic carbocycles. The van der Waals surface area contributed by atoms with Crippen molar-refractivity contribution < 1.29 is 12.6 Å². The van der Waals surface area contributed by atoms with Crippen molar-refractivity contribution in [3.8, 4) is 0 Å². The van der Waals surface area contributed by atoms with Gasteiger partial charge in [-0.15, -0.1) is 0 Å². The molecule has 0 saturated heterocycles. The summed E-state index contributed by atoms with van der Waals surface area (Å²) in [4.78, 5) is 0. The molecule has 0 N–H and O–H groups in total. The molecule has 3 nitrogen and oxygen atoms in total. The second-order valence-corrected chi connectivity index (χ2v) is 3.56. The highest BCUT2D eigenvalue weighted by atomic mass is 35.5. The van der Waals surface area contributed by atoms with Gasteiger partial charge in [-0.25, -0.2) is 0 Å². The average Bonchev–Trinajstić information content (AvgIpc) is 1.21. The molecule has 50 valence electrons. The van der Waals surface area contributed by atoms with Crippen LogP contribution in [0.2, 0.25) is 0 Å². The monoisotopic (exact) mass is 158 g/mol. The molecule has 0 aliphatic rings. The summed E-state index contributed by atoms with van der Waals surface area (Å²) in [5.41, 5.74) is -0.773. The van der Waals surface area contributed by atoms with E-state index in [0.29, 0.717) is 0 Å². The van der Waals surface area contributed by atoms with E-state index in [0.717, 1.165) is 6.26 Å². The summed E-state index contributed by atoms with van der Waals surface area (Å²) in [5, 5.41) is 0. The van der Waals surface area contributed by atoms with Crippen LogP contribution in [0.4, 0.5) is 0 Å². The lowest BCUT2D eigenvalue weighted by molar-refractivity contribution is 0.307. The zero-order chi connectivity index (χ0) is 6.78. The third kappa shape index (κ3) is 6.20. The normalized spacial score (nSPS) is 15.9. The minimum Gasteiger partial charge on any atom is -0.251 e. The first-order valence-electron chi connectivity index (χ1n) is 1.94. The zero-order valence-electron chi connectivity index (χ0n) is 4.59. The number of halogens is 1. The standard InChI is InChI=1S/C3H7ClO3S/c1-3(4)7-8(2,5)6/h3H,1-2H3. The molecule has 0 saturated carbocycles. The van der Waals surface area contributed by atoms with Crippen LogP contribution in [0.25, 0.3) is 0 Å². The smallest absolute Gasteiger partial charge is 0.251 e. The van der Waals surface area contributed by atoms with Gasteiger partial charge in [-0.05, 0) is 6.92 Å². The predicted octanol–water partition coefficient (Wildman–Crippen LogP) is 0.547. The minimum atomic E-state index is -3.36. The van der Waals surface area contributed by atoms with Gasteiger partial charge in [0.1, 0.15) is 5.56 Å². The van der Waals surface area contributed by atoms with Crippen molar-refractivity contribution in [2.75, 3.05) is 6.26 Å². The zero-order valence-corrected chi connectivity index (χ0v) is 6.16. The molecular weight excluding hydrogens is 152 g/mol. The molecule has 0 aromatic carbocycles. The SMILES string of the molecule is CC(Cl)OS(C)(=O)=O. The van der Waals surface area contributed by atoms with Crippen molar-refractivity contribution in [1.29, 1.82) is 0 Å². The fraction of sp³-hybridized carbons (Fsp3) is 1.00. The van der Waals surface area contributed by atoms with Gasteiger partial charge in [0.2, 0.25) is 0 Å². The molecule has 0 rings (SSSR count). The van der Waals surface area contributed by atoms with Crippen LogP contribution in [-0.2, 0) is 14.3 Å². The van der Waals surface area contributed by atoms with Gasteiger partial charge < -0.3 is 0 Å². The lowest BCUT2D eigenvalue weighted by Crippen LogP contribution is -2.07. The van der Waals surface area contributed by atoms with E-state index in [1.165, 1.54) is 6.92 Å². The van der Waals surface area contributed by atoms with Crippen LogP contribution in [0.15, 0.2) is 0 Å². The summed E-state index contributed by atoms with van der Waals surface area (Å²) < 4.78 is 24.4. The van der Waals surface area contributed by atoms with Crippen LogP contribution < -0.4 is 0 Å². The van der Waals surface area contributed by atoms with Crippen molar-refractivity contribution in [1.82, 2.24) is 0 Å². The van der Waals surface area contributed by atoms with Gasteiger partial charge in [0, 0.05) is 0 Å². The number of alkyl halides is 1. The van der Waals surface area contributed by atoms with Crippen LogP contribution in [-0.4, -0.2) is 20.2 Å². The number of hydrogen-bond acceptors (Lipinski definition) is 3. The molecule has 1 unspecified atom stereocenters. The molecule has 0 heterocycles. The van der Waals surface area contributed by atoms with Crippen LogP contribution >= 0.6 is 11.6 Å².